The van der Waals surface area contributed by atoms with Crippen molar-refractivity contribution < 1.29 is 4.74 Å². The van der Waals surface area contributed by atoms with Crippen molar-refractivity contribution >= 4 is 40.7 Å². The molecule has 66 valence electrons. The van der Waals surface area contributed by atoms with Gasteiger partial charge in [-0.25, -0.2) is 0 Å². The second-order valence-electron chi connectivity index (χ2n) is 2.39. The highest BCUT2D eigenvalue weighted by Crippen LogP contribution is 2.31. The summed E-state index contributed by atoms with van der Waals surface area (Å²) in [6.45, 7) is 1.68. The zero-order valence-corrected chi connectivity index (χ0v) is 9.31. The fraction of sp³-hybridized carbons (Fsp3) is 0.250. The van der Waals surface area contributed by atoms with Gasteiger partial charge in [0.25, 0.3) is 0 Å². The van der Waals surface area contributed by atoms with Gasteiger partial charge in [-0.05, 0) is 34.7 Å². The van der Waals surface area contributed by atoms with Crippen molar-refractivity contribution in [2.24, 2.45) is 0 Å². The van der Waals surface area contributed by atoms with Crippen molar-refractivity contribution in [2.75, 3.05) is 18.5 Å². The number of anilines is 1. The Labute approximate surface area is 91.2 Å². The molecule has 1 heterocycles. The van der Waals surface area contributed by atoms with Crippen LogP contribution in [-0.4, -0.2) is 13.2 Å². The number of rotatable bonds is 0. The Morgan fingerprint density at radius 1 is 1.42 bits per heavy atom. The van der Waals surface area contributed by atoms with E-state index in [1.165, 1.54) is 3.57 Å². The standard InChI is InChI=1S/C8H8INO.ClH/c9-6-2-1-3-7-8(6)10-4-5-11-7;/h1-3,10H,4-5H2;1H. The Morgan fingerprint density at radius 3 is 3.00 bits per heavy atom. The molecule has 0 atom stereocenters. The van der Waals surface area contributed by atoms with Crippen molar-refractivity contribution in [1.29, 1.82) is 0 Å². The molecule has 1 aromatic rings. The maximum atomic E-state index is 5.44. The van der Waals surface area contributed by atoms with Crippen LogP contribution >= 0.6 is 35.0 Å². The van der Waals surface area contributed by atoms with Gasteiger partial charge in [0.05, 0.1) is 5.69 Å². The largest absolute Gasteiger partial charge is 0.490 e. The Morgan fingerprint density at radius 2 is 2.25 bits per heavy atom. The van der Waals surface area contributed by atoms with Crippen LogP contribution in [0.4, 0.5) is 5.69 Å². The molecule has 0 aliphatic carbocycles. The molecule has 0 saturated heterocycles. The van der Waals surface area contributed by atoms with Crippen LogP contribution in [-0.2, 0) is 0 Å². The fourth-order valence-electron chi connectivity index (χ4n) is 1.13. The molecular formula is C8H9ClINO. The van der Waals surface area contributed by atoms with Gasteiger partial charge in [-0.2, -0.15) is 0 Å². The number of ether oxygens (including phenoxy) is 1. The van der Waals surface area contributed by atoms with Crippen molar-refractivity contribution in [3.63, 3.8) is 0 Å². The van der Waals surface area contributed by atoms with Crippen LogP contribution in [0.5, 0.6) is 5.75 Å². The summed E-state index contributed by atoms with van der Waals surface area (Å²) in [7, 11) is 0. The third-order valence-electron chi connectivity index (χ3n) is 1.64. The molecule has 1 aromatic carbocycles. The van der Waals surface area contributed by atoms with Crippen LogP contribution in [0, 0.1) is 3.57 Å². The number of benzene rings is 1. The molecule has 0 fully saturated rings. The van der Waals surface area contributed by atoms with Crippen LogP contribution < -0.4 is 10.1 Å². The number of fused-ring (bicyclic) bond motifs is 1. The van der Waals surface area contributed by atoms with E-state index in [0.717, 1.165) is 24.6 Å². The summed E-state index contributed by atoms with van der Waals surface area (Å²) >= 11 is 2.30. The predicted octanol–water partition coefficient (Wildman–Crippen LogP) is 2.52. The molecule has 0 aromatic heterocycles. The Balaban J connectivity index is 0.000000720. The summed E-state index contributed by atoms with van der Waals surface area (Å²) < 4.78 is 6.66. The van der Waals surface area contributed by atoms with E-state index in [-0.39, 0.29) is 12.4 Å². The summed E-state index contributed by atoms with van der Waals surface area (Å²) in [4.78, 5) is 0. The number of hydrogen-bond donors (Lipinski definition) is 1. The maximum absolute atomic E-state index is 5.44. The van der Waals surface area contributed by atoms with E-state index >= 15 is 0 Å². The van der Waals surface area contributed by atoms with Crippen molar-refractivity contribution in [2.45, 2.75) is 0 Å². The molecule has 0 saturated carbocycles. The molecule has 1 N–H and O–H groups in total. The number of nitrogens with one attached hydrogen (secondary N) is 1. The van der Waals surface area contributed by atoms with Crippen LogP contribution in [0.3, 0.4) is 0 Å². The van der Waals surface area contributed by atoms with Gasteiger partial charge in [-0.1, -0.05) is 6.07 Å². The van der Waals surface area contributed by atoms with Crippen LogP contribution in [0.2, 0.25) is 0 Å². The molecule has 0 amide bonds. The predicted molar refractivity (Wildman–Crippen MR) is 60.4 cm³/mol. The summed E-state index contributed by atoms with van der Waals surface area (Å²) in [5, 5.41) is 3.30. The highest BCUT2D eigenvalue weighted by Gasteiger charge is 2.10. The van der Waals surface area contributed by atoms with Gasteiger partial charge < -0.3 is 10.1 Å². The first-order chi connectivity index (χ1) is 5.38. The number of halogens is 2. The third kappa shape index (κ3) is 1.77. The molecule has 1 aliphatic rings. The molecule has 0 spiro atoms. The lowest BCUT2D eigenvalue weighted by molar-refractivity contribution is 0.323. The Hall–Kier alpha value is -0.160. The van der Waals surface area contributed by atoms with Gasteiger partial charge >= 0.3 is 0 Å². The number of hydrogen-bond acceptors (Lipinski definition) is 2. The fourth-order valence-corrected chi connectivity index (χ4v) is 1.80. The summed E-state index contributed by atoms with van der Waals surface area (Å²) in [6, 6.07) is 6.07. The monoisotopic (exact) mass is 297 g/mol. The van der Waals surface area contributed by atoms with Crippen molar-refractivity contribution in [1.82, 2.24) is 0 Å². The first kappa shape index (κ1) is 9.92. The molecule has 2 rings (SSSR count). The first-order valence-electron chi connectivity index (χ1n) is 3.53. The SMILES string of the molecule is Cl.Ic1cccc2c1NCCO2. The van der Waals surface area contributed by atoms with Gasteiger partial charge in [-0.3, -0.25) is 0 Å². The Kier molecular flexibility index (Phi) is 3.46. The summed E-state index contributed by atoms with van der Waals surface area (Å²) in [5.74, 6) is 0.975. The molecule has 2 nitrogen and oxygen atoms in total. The molecule has 0 unspecified atom stereocenters. The Bertz CT molecular complexity index is 280. The zero-order valence-electron chi connectivity index (χ0n) is 6.34. The molecule has 0 radical (unpaired) electrons. The lowest BCUT2D eigenvalue weighted by Gasteiger charge is -2.19. The van der Waals surface area contributed by atoms with E-state index < -0.39 is 0 Å². The number of para-hydroxylation sites is 1. The van der Waals surface area contributed by atoms with Crippen LogP contribution in [0.25, 0.3) is 0 Å². The average Bonchev–Trinajstić information content (AvgIpc) is 2.06. The maximum Gasteiger partial charge on any atom is 0.143 e. The molecular weight excluding hydrogens is 288 g/mol. The molecule has 4 heteroatoms. The van der Waals surface area contributed by atoms with Crippen LogP contribution in [0.15, 0.2) is 18.2 Å². The summed E-state index contributed by atoms with van der Waals surface area (Å²) in [6.07, 6.45) is 0. The van der Waals surface area contributed by atoms with E-state index in [1.807, 2.05) is 12.1 Å². The quantitative estimate of drug-likeness (QED) is 0.743. The van der Waals surface area contributed by atoms with E-state index in [9.17, 15) is 0 Å². The van der Waals surface area contributed by atoms with Gasteiger partial charge in [0.2, 0.25) is 0 Å². The minimum atomic E-state index is 0. The van der Waals surface area contributed by atoms with Gasteiger partial charge in [-0.15, -0.1) is 12.4 Å². The highest BCUT2D eigenvalue weighted by molar-refractivity contribution is 14.1. The van der Waals surface area contributed by atoms with Crippen molar-refractivity contribution in [3.8, 4) is 5.75 Å². The topological polar surface area (TPSA) is 21.3 Å². The molecule has 1 aliphatic heterocycles. The van der Waals surface area contributed by atoms with Gasteiger partial charge in [0.1, 0.15) is 12.4 Å². The molecule has 0 bridgehead atoms. The zero-order chi connectivity index (χ0) is 7.68. The van der Waals surface area contributed by atoms with Crippen LogP contribution in [0.1, 0.15) is 0 Å². The minimum absolute atomic E-state index is 0. The second-order valence-corrected chi connectivity index (χ2v) is 3.55. The highest BCUT2D eigenvalue weighted by atomic mass is 127. The summed E-state index contributed by atoms with van der Waals surface area (Å²) in [5.41, 5.74) is 1.14. The molecule has 12 heavy (non-hydrogen) atoms. The van der Waals surface area contributed by atoms with Crippen molar-refractivity contribution in [3.05, 3.63) is 21.8 Å². The van der Waals surface area contributed by atoms with E-state index in [2.05, 4.69) is 34.0 Å². The second kappa shape index (κ2) is 4.18. The van der Waals surface area contributed by atoms with E-state index in [0.29, 0.717) is 0 Å². The lowest BCUT2D eigenvalue weighted by Crippen LogP contribution is -2.18. The van der Waals surface area contributed by atoms with E-state index in [1.54, 1.807) is 0 Å². The lowest BCUT2D eigenvalue weighted by atomic mass is 10.2. The minimum Gasteiger partial charge on any atom is -0.490 e. The van der Waals surface area contributed by atoms with E-state index in [4.69, 9.17) is 4.74 Å². The normalized spacial score (nSPS) is 13.4. The average molecular weight is 298 g/mol. The van der Waals surface area contributed by atoms with Gasteiger partial charge in [0, 0.05) is 10.1 Å². The first-order valence-corrected chi connectivity index (χ1v) is 4.61. The van der Waals surface area contributed by atoms with Gasteiger partial charge in [0.15, 0.2) is 0 Å². The smallest absolute Gasteiger partial charge is 0.143 e. The third-order valence-corrected chi connectivity index (χ3v) is 2.54.